The fourth-order valence-corrected chi connectivity index (χ4v) is 2.80. The molecule has 1 saturated carbocycles. The fourth-order valence-electron chi connectivity index (χ4n) is 2.80. The molecule has 0 aromatic heterocycles. The van der Waals surface area contributed by atoms with Gasteiger partial charge in [-0.15, -0.1) is 0 Å². The SMILES string of the molecule is C=C(CNC1CC1)CN1CC(C)C(N(C)C)C1. The van der Waals surface area contributed by atoms with Gasteiger partial charge in [-0.25, -0.2) is 0 Å². The molecule has 0 aromatic carbocycles. The zero-order valence-electron chi connectivity index (χ0n) is 11.6. The molecule has 2 aliphatic rings. The van der Waals surface area contributed by atoms with Crippen molar-refractivity contribution in [3.63, 3.8) is 0 Å². The third-order valence-electron chi connectivity index (χ3n) is 3.98. The number of hydrogen-bond donors (Lipinski definition) is 1. The Kier molecular flexibility index (Phi) is 4.23. The second kappa shape index (κ2) is 5.51. The first kappa shape index (κ1) is 13.1. The summed E-state index contributed by atoms with van der Waals surface area (Å²) in [6.45, 7) is 11.0. The first-order chi connectivity index (χ1) is 8.06. The first-order valence-electron chi connectivity index (χ1n) is 6.85. The summed E-state index contributed by atoms with van der Waals surface area (Å²) in [6, 6.07) is 1.50. The van der Waals surface area contributed by atoms with Gasteiger partial charge >= 0.3 is 0 Å². The van der Waals surface area contributed by atoms with Crippen LogP contribution in [0.3, 0.4) is 0 Å². The van der Waals surface area contributed by atoms with Crippen molar-refractivity contribution < 1.29 is 0 Å². The molecule has 0 amide bonds. The van der Waals surface area contributed by atoms with Crippen molar-refractivity contribution in [2.24, 2.45) is 5.92 Å². The van der Waals surface area contributed by atoms with E-state index >= 15 is 0 Å². The van der Waals surface area contributed by atoms with E-state index in [1.54, 1.807) is 0 Å². The van der Waals surface area contributed by atoms with Crippen LogP contribution in [0.5, 0.6) is 0 Å². The molecule has 98 valence electrons. The lowest BCUT2D eigenvalue weighted by Gasteiger charge is -2.22. The quantitative estimate of drug-likeness (QED) is 0.700. The van der Waals surface area contributed by atoms with Crippen molar-refractivity contribution in [2.45, 2.75) is 31.8 Å². The van der Waals surface area contributed by atoms with Gasteiger partial charge in [0.05, 0.1) is 0 Å². The normalized spacial score (nSPS) is 30.1. The Hall–Kier alpha value is -0.380. The Balaban J connectivity index is 1.70. The molecular weight excluding hydrogens is 210 g/mol. The molecule has 17 heavy (non-hydrogen) atoms. The molecule has 2 fully saturated rings. The molecule has 1 aliphatic carbocycles. The van der Waals surface area contributed by atoms with Gasteiger partial charge in [-0.05, 0) is 38.4 Å². The van der Waals surface area contributed by atoms with E-state index in [0.29, 0.717) is 6.04 Å². The molecule has 0 bridgehead atoms. The largest absolute Gasteiger partial charge is 0.310 e. The minimum atomic E-state index is 0.708. The van der Waals surface area contributed by atoms with Crippen LogP contribution < -0.4 is 5.32 Å². The number of nitrogens with one attached hydrogen (secondary N) is 1. The zero-order valence-corrected chi connectivity index (χ0v) is 11.6. The van der Waals surface area contributed by atoms with Gasteiger partial charge in [-0.1, -0.05) is 13.5 Å². The van der Waals surface area contributed by atoms with Crippen molar-refractivity contribution >= 4 is 0 Å². The molecule has 3 heteroatoms. The number of rotatable bonds is 6. The highest BCUT2D eigenvalue weighted by Gasteiger charge is 2.30. The molecular formula is C14H27N3. The molecule has 0 aromatic rings. The van der Waals surface area contributed by atoms with Crippen LogP contribution >= 0.6 is 0 Å². The van der Waals surface area contributed by atoms with Crippen LogP contribution in [0.25, 0.3) is 0 Å². The lowest BCUT2D eigenvalue weighted by molar-refractivity contribution is 0.255. The van der Waals surface area contributed by atoms with E-state index in [0.717, 1.165) is 25.0 Å². The second-order valence-corrected chi connectivity index (χ2v) is 6.11. The molecule has 0 radical (unpaired) electrons. The minimum absolute atomic E-state index is 0.708. The Morgan fingerprint density at radius 2 is 2.06 bits per heavy atom. The van der Waals surface area contributed by atoms with E-state index < -0.39 is 0 Å². The average molecular weight is 237 g/mol. The predicted molar refractivity (Wildman–Crippen MR) is 73.2 cm³/mol. The fraction of sp³-hybridized carbons (Fsp3) is 0.857. The number of likely N-dealkylation sites (N-methyl/N-ethyl adjacent to an activating group) is 1. The highest BCUT2D eigenvalue weighted by Crippen LogP contribution is 2.21. The summed E-state index contributed by atoms with van der Waals surface area (Å²) in [5.41, 5.74) is 1.34. The maximum Gasteiger partial charge on any atom is 0.0254 e. The Bertz CT molecular complexity index is 271. The standard InChI is InChI=1S/C14H27N3/c1-11(7-15-13-5-6-13)8-17-9-12(2)14(10-17)16(3)4/h12-15H,1,5-10H2,2-4H3. The van der Waals surface area contributed by atoms with Crippen LogP contribution in [-0.4, -0.2) is 62.2 Å². The molecule has 1 saturated heterocycles. The number of nitrogens with zero attached hydrogens (tertiary/aromatic N) is 2. The summed E-state index contributed by atoms with van der Waals surface area (Å²) in [7, 11) is 4.38. The molecule has 2 atom stereocenters. The van der Waals surface area contributed by atoms with Crippen molar-refractivity contribution in [1.29, 1.82) is 0 Å². The smallest absolute Gasteiger partial charge is 0.0254 e. The minimum Gasteiger partial charge on any atom is -0.310 e. The lowest BCUT2D eigenvalue weighted by atomic mass is 10.1. The van der Waals surface area contributed by atoms with Crippen molar-refractivity contribution in [3.05, 3.63) is 12.2 Å². The van der Waals surface area contributed by atoms with Gasteiger partial charge in [0, 0.05) is 38.3 Å². The molecule has 1 aliphatic heterocycles. The van der Waals surface area contributed by atoms with Gasteiger partial charge in [-0.2, -0.15) is 0 Å². The lowest BCUT2D eigenvalue weighted by Crippen LogP contribution is -2.35. The molecule has 2 rings (SSSR count). The highest BCUT2D eigenvalue weighted by molar-refractivity contribution is 5.03. The van der Waals surface area contributed by atoms with Gasteiger partial charge < -0.3 is 10.2 Å². The Labute approximate surface area is 106 Å². The van der Waals surface area contributed by atoms with Crippen LogP contribution in [-0.2, 0) is 0 Å². The van der Waals surface area contributed by atoms with E-state index in [1.807, 2.05) is 0 Å². The number of hydrogen-bond acceptors (Lipinski definition) is 3. The summed E-state index contributed by atoms with van der Waals surface area (Å²) in [4.78, 5) is 4.90. The van der Waals surface area contributed by atoms with Gasteiger partial charge in [0.2, 0.25) is 0 Å². The van der Waals surface area contributed by atoms with Gasteiger partial charge in [0.15, 0.2) is 0 Å². The molecule has 3 nitrogen and oxygen atoms in total. The summed E-state index contributed by atoms with van der Waals surface area (Å²) in [5.74, 6) is 0.772. The van der Waals surface area contributed by atoms with Crippen LogP contribution in [0.1, 0.15) is 19.8 Å². The first-order valence-corrected chi connectivity index (χ1v) is 6.85. The zero-order chi connectivity index (χ0) is 12.4. The van der Waals surface area contributed by atoms with Crippen LogP contribution in [0.2, 0.25) is 0 Å². The van der Waals surface area contributed by atoms with Crippen molar-refractivity contribution in [2.75, 3.05) is 40.3 Å². The average Bonchev–Trinajstić information content (AvgIpc) is 3.00. The summed E-state index contributed by atoms with van der Waals surface area (Å²) in [5, 5.41) is 3.54. The van der Waals surface area contributed by atoms with E-state index in [-0.39, 0.29) is 0 Å². The molecule has 1 N–H and O–H groups in total. The topological polar surface area (TPSA) is 18.5 Å². The molecule has 1 heterocycles. The van der Waals surface area contributed by atoms with E-state index in [9.17, 15) is 0 Å². The summed E-state index contributed by atoms with van der Waals surface area (Å²) in [6.07, 6.45) is 2.72. The van der Waals surface area contributed by atoms with E-state index in [4.69, 9.17) is 0 Å². The maximum absolute atomic E-state index is 4.20. The third kappa shape index (κ3) is 3.80. The highest BCUT2D eigenvalue weighted by atomic mass is 15.2. The third-order valence-corrected chi connectivity index (χ3v) is 3.98. The Morgan fingerprint density at radius 3 is 2.59 bits per heavy atom. The van der Waals surface area contributed by atoms with Crippen LogP contribution in [0.15, 0.2) is 12.2 Å². The van der Waals surface area contributed by atoms with Gasteiger partial charge in [0.1, 0.15) is 0 Å². The van der Waals surface area contributed by atoms with Gasteiger partial charge in [0.25, 0.3) is 0 Å². The monoisotopic (exact) mass is 237 g/mol. The predicted octanol–water partition coefficient (Wildman–Crippen LogP) is 1.18. The summed E-state index contributed by atoms with van der Waals surface area (Å²) < 4.78 is 0. The second-order valence-electron chi connectivity index (χ2n) is 6.11. The summed E-state index contributed by atoms with van der Waals surface area (Å²) >= 11 is 0. The van der Waals surface area contributed by atoms with Crippen molar-refractivity contribution in [1.82, 2.24) is 15.1 Å². The maximum atomic E-state index is 4.20. The Morgan fingerprint density at radius 1 is 1.35 bits per heavy atom. The van der Waals surface area contributed by atoms with Crippen LogP contribution in [0.4, 0.5) is 0 Å². The van der Waals surface area contributed by atoms with E-state index in [2.05, 4.69) is 42.7 Å². The number of likely N-dealkylation sites (tertiary alicyclic amines) is 1. The van der Waals surface area contributed by atoms with E-state index in [1.165, 1.54) is 31.5 Å². The van der Waals surface area contributed by atoms with Crippen LogP contribution in [0, 0.1) is 5.92 Å². The molecule has 0 spiro atoms. The van der Waals surface area contributed by atoms with Crippen molar-refractivity contribution in [3.8, 4) is 0 Å². The van der Waals surface area contributed by atoms with Gasteiger partial charge in [-0.3, -0.25) is 4.90 Å². The molecule has 2 unspecified atom stereocenters.